The molecule has 5 rings (SSSR count). The lowest BCUT2D eigenvalue weighted by Gasteiger charge is -2.31. The Bertz CT molecular complexity index is 1590. The lowest BCUT2D eigenvalue weighted by Crippen LogP contribution is -2.48. The second kappa shape index (κ2) is 16.4. The maximum absolute atomic E-state index is 12.8. The van der Waals surface area contributed by atoms with E-state index in [1.165, 1.54) is 0 Å². The van der Waals surface area contributed by atoms with E-state index in [1.807, 2.05) is 26.8 Å². The van der Waals surface area contributed by atoms with Crippen LogP contribution in [0.5, 0.6) is 0 Å². The summed E-state index contributed by atoms with van der Waals surface area (Å²) in [6.07, 6.45) is -1.41. The molecule has 2 fully saturated rings. The molecule has 3 aromatic carbocycles. The summed E-state index contributed by atoms with van der Waals surface area (Å²) in [5, 5.41) is 2.30. The highest BCUT2D eigenvalue weighted by molar-refractivity contribution is 6.30. The lowest BCUT2D eigenvalue weighted by molar-refractivity contribution is -0.156. The van der Waals surface area contributed by atoms with Crippen LogP contribution in [0.3, 0.4) is 0 Å². The Kier molecular flexibility index (Phi) is 12.3. The molecular weight excluding hydrogens is 624 g/mol. The van der Waals surface area contributed by atoms with Crippen molar-refractivity contribution in [1.82, 2.24) is 0 Å². The van der Waals surface area contributed by atoms with E-state index in [4.69, 9.17) is 35.3 Å². The van der Waals surface area contributed by atoms with Crippen LogP contribution in [0.15, 0.2) is 91.0 Å². The zero-order chi connectivity index (χ0) is 34.0. The number of halogens is 1. The van der Waals surface area contributed by atoms with Crippen LogP contribution < -0.4 is 0 Å². The zero-order valence-electron chi connectivity index (χ0n) is 26.6. The van der Waals surface area contributed by atoms with E-state index in [0.29, 0.717) is 23.1 Å². The van der Waals surface area contributed by atoms with Crippen molar-refractivity contribution in [1.29, 1.82) is 0 Å². The Labute approximate surface area is 279 Å². The summed E-state index contributed by atoms with van der Waals surface area (Å²) < 4.78 is 27.9. The predicted octanol–water partition coefficient (Wildman–Crippen LogP) is 6.59. The van der Waals surface area contributed by atoms with E-state index in [9.17, 15) is 19.2 Å². The summed E-state index contributed by atoms with van der Waals surface area (Å²) in [5.41, 5.74) is -0.407. The van der Waals surface area contributed by atoms with Crippen molar-refractivity contribution in [3.8, 4) is 11.3 Å². The second-order valence-electron chi connectivity index (χ2n) is 11.1. The van der Waals surface area contributed by atoms with Gasteiger partial charge in [0.25, 0.3) is 12.6 Å². The van der Waals surface area contributed by atoms with E-state index in [2.05, 4.69) is 11.3 Å². The van der Waals surface area contributed by atoms with Gasteiger partial charge in [0.2, 0.25) is 11.4 Å². The van der Waals surface area contributed by atoms with Crippen molar-refractivity contribution >= 4 is 35.3 Å². The average Bonchev–Trinajstić information content (AvgIpc) is 3.52. The molecule has 2 aliphatic rings. The molecule has 9 nitrogen and oxygen atoms in total. The van der Waals surface area contributed by atoms with Crippen molar-refractivity contribution in [2.24, 2.45) is 11.8 Å². The minimum Gasteiger partial charge on any atom is -0.435 e. The van der Waals surface area contributed by atoms with Crippen LogP contribution in [-0.4, -0.2) is 54.1 Å². The molecule has 0 radical (unpaired) electrons. The van der Waals surface area contributed by atoms with Gasteiger partial charge in [0.05, 0.1) is 28.9 Å². The summed E-state index contributed by atoms with van der Waals surface area (Å²) in [6, 6.07) is 25.6. The van der Waals surface area contributed by atoms with Crippen LogP contribution in [0.4, 0.5) is 0 Å². The van der Waals surface area contributed by atoms with Gasteiger partial charge in [0.15, 0.2) is 0 Å². The maximum Gasteiger partial charge on any atom is 0.340 e. The molecule has 0 spiro atoms. The molecule has 47 heavy (non-hydrogen) atoms. The molecule has 2 saturated heterocycles. The van der Waals surface area contributed by atoms with Crippen LogP contribution in [0.2, 0.25) is 0 Å². The van der Waals surface area contributed by atoms with Gasteiger partial charge in [-0.05, 0) is 66.8 Å². The normalized spacial score (nSPS) is 26.2. The Morgan fingerprint density at radius 3 is 1.64 bits per heavy atom. The fraction of sp³-hybridized carbons (Fsp3) is 0.351. The van der Waals surface area contributed by atoms with Crippen LogP contribution >= 0.6 is 11.6 Å². The number of hydrogen-bond acceptors (Lipinski definition) is 9. The molecule has 1 unspecified atom stereocenters. The SMILES string of the molecule is CC[C@H]1OC(OC(=O)c2ccccc2)[C@](C#CCl)(OC(=O)c2ccccc2)[C@@H]1C.CC[C@H]1O[C@H](OC(=O)c2ccccc2)C(=O)[C@@H]1C. The Hall–Kier alpha value is -4.49. The van der Waals surface area contributed by atoms with Gasteiger partial charge in [-0.3, -0.25) is 4.79 Å². The Morgan fingerprint density at radius 1 is 0.723 bits per heavy atom. The molecule has 3 aromatic rings. The highest BCUT2D eigenvalue weighted by Gasteiger charge is 2.59. The molecule has 0 N–H and O–H groups in total. The minimum atomic E-state index is -1.53. The van der Waals surface area contributed by atoms with Gasteiger partial charge >= 0.3 is 17.9 Å². The fourth-order valence-electron chi connectivity index (χ4n) is 5.39. The van der Waals surface area contributed by atoms with Crippen LogP contribution in [0, 0.1) is 23.1 Å². The molecule has 0 amide bonds. The van der Waals surface area contributed by atoms with E-state index in [-0.39, 0.29) is 29.8 Å². The third kappa shape index (κ3) is 8.27. The standard InChI is InChI=1S/C23H21ClO5.C14H16O4/c1-3-19-16(2)23(14-15-24,29-21(26)18-12-8-5-9-13-18)22(27-19)28-20(25)17-10-6-4-7-11-17;1-3-11-9(2)12(15)14(17-11)18-13(16)10-7-5-4-6-8-10/h4-13,16,19,22H,3H2,1-2H3;4-9,11,14H,3H2,1-2H3/t16-,19-,22?,23-;9-,11-,14-/m11/s1. The van der Waals surface area contributed by atoms with E-state index < -0.39 is 36.1 Å². The number of esters is 3. The number of benzene rings is 3. The van der Waals surface area contributed by atoms with Gasteiger partial charge in [-0.15, -0.1) is 0 Å². The van der Waals surface area contributed by atoms with Gasteiger partial charge in [-0.2, -0.15) is 0 Å². The Morgan fingerprint density at radius 2 is 1.19 bits per heavy atom. The quantitative estimate of drug-likeness (QED) is 0.150. The molecule has 0 aliphatic carbocycles. The summed E-state index contributed by atoms with van der Waals surface area (Å²) in [7, 11) is 0. The number of Topliss-reactive ketones (excluding diaryl/α,β-unsaturated/α-hetero) is 1. The first-order valence-electron chi connectivity index (χ1n) is 15.4. The highest BCUT2D eigenvalue weighted by Crippen LogP contribution is 2.42. The van der Waals surface area contributed by atoms with Gasteiger partial charge in [-0.1, -0.05) is 82.3 Å². The first-order valence-corrected chi connectivity index (χ1v) is 15.8. The smallest absolute Gasteiger partial charge is 0.340 e. The third-order valence-electron chi connectivity index (χ3n) is 8.19. The first-order chi connectivity index (χ1) is 22.6. The highest BCUT2D eigenvalue weighted by atomic mass is 35.5. The number of ketones is 1. The van der Waals surface area contributed by atoms with Gasteiger partial charge < -0.3 is 23.7 Å². The summed E-state index contributed by atoms with van der Waals surface area (Å²) in [4.78, 5) is 49.1. The van der Waals surface area contributed by atoms with E-state index in [0.717, 1.165) is 6.42 Å². The number of carbonyl (C=O) groups is 4. The number of ether oxygens (including phenoxy) is 5. The van der Waals surface area contributed by atoms with Gasteiger partial charge in [0.1, 0.15) is 0 Å². The lowest BCUT2D eigenvalue weighted by atomic mass is 9.86. The topological polar surface area (TPSA) is 114 Å². The summed E-state index contributed by atoms with van der Waals surface area (Å²) in [5.74, 6) is 0.265. The van der Waals surface area contributed by atoms with Crippen LogP contribution in [0.1, 0.15) is 71.6 Å². The molecule has 7 atom stereocenters. The second-order valence-corrected chi connectivity index (χ2v) is 11.3. The van der Waals surface area contributed by atoms with Gasteiger partial charge in [0, 0.05) is 17.2 Å². The molecule has 2 aliphatic heterocycles. The molecule has 0 bridgehead atoms. The maximum atomic E-state index is 12.8. The molecular formula is C37H37ClO9. The number of rotatable bonds is 8. The fourth-order valence-corrected chi connectivity index (χ4v) is 5.54. The van der Waals surface area contributed by atoms with Crippen molar-refractivity contribution in [3.05, 3.63) is 108 Å². The minimum absolute atomic E-state index is 0.161. The number of carbonyl (C=O) groups excluding carboxylic acids is 4. The van der Waals surface area contributed by atoms with Crippen molar-refractivity contribution < 1.29 is 42.9 Å². The monoisotopic (exact) mass is 660 g/mol. The molecule has 246 valence electrons. The van der Waals surface area contributed by atoms with E-state index >= 15 is 0 Å². The van der Waals surface area contributed by atoms with Crippen molar-refractivity contribution in [2.75, 3.05) is 0 Å². The van der Waals surface area contributed by atoms with Gasteiger partial charge in [-0.25, -0.2) is 14.4 Å². The van der Waals surface area contributed by atoms with Crippen LogP contribution in [-0.2, 0) is 28.5 Å². The third-order valence-corrected chi connectivity index (χ3v) is 8.28. The summed E-state index contributed by atoms with van der Waals surface area (Å²) >= 11 is 5.73. The molecule has 0 saturated carbocycles. The Balaban J connectivity index is 0.000000238. The van der Waals surface area contributed by atoms with Crippen LogP contribution in [0.25, 0.3) is 0 Å². The largest absolute Gasteiger partial charge is 0.435 e. The number of hydrogen-bond donors (Lipinski definition) is 0. The predicted molar refractivity (Wildman–Crippen MR) is 173 cm³/mol. The van der Waals surface area contributed by atoms with Crippen molar-refractivity contribution in [2.45, 2.75) is 70.9 Å². The first kappa shape index (κ1) is 35.4. The average molecular weight is 661 g/mol. The zero-order valence-corrected chi connectivity index (χ0v) is 27.3. The summed E-state index contributed by atoms with van der Waals surface area (Å²) in [6.45, 7) is 7.51. The van der Waals surface area contributed by atoms with E-state index in [1.54, 1.807) is 91.9 Å². The van der Waals surface area contributed by atoms with Crippen molar-refractivity contribution in [3.63, 3.8) is 0 Å². The molecule has 2 heterocycles. The molecule has 10 heteroatoms. The molecule has 0 aromatic heterocycles.